The first kappa shape index (κ1) is 70.2. The lowest BCUT2D eigenvalue weighted by Crippen LogP contribution is -2.37. The molecule has 10 heteroatoms. The normalized spacial score (nSPS) is 13.5. The van der Waals surface area contributed by atoms with Crippen LogP contribution < -0.4 is 4.89 Å². The molecular formula is C62H118NO8P. The van der Waals surface area contributed by atoms with Crippen molar-refractivity contribution in [2.24, 2.45) is 0 Å². The number of esters is 2. The number of nitrogens with zero attached hydrogens (tertiary/aromatic N) is 1. The molecule has 0 aromatic heterocycles. The second kappa shape index (κ2) is 54.0. The molecule has 0 aliphatic rings. The number of allylic oxidation sites excluding steroid dienone is 6. The summed E-state index contributed by atoms with van der Waals surface area (Å²) in [5, 5.41) is 0. The number of carbonyl (C=O) groups excluding carboxylic acids is 2. The van der Waals surface area contributed by atoms with Gasteiger partial charge in [-0.25, -0.2) is 0 Å². The van der Waals surface area contributed by atoms with Crippen LogP contribution in [0.15, 0.2) is 36.5 Å². The molecule has 0 saturated carbocycles. The molecule has 0 heterocycles. The minimum Gasteiger partial charge on any atom is -0.756 e. The molecule has 0 spiro atoms. The van der Waals surface area contributed by atoms with Gasteiger partial charge in [-0.2, -0.15) is 0 Å². The van der Waals surface area contributed by atoms with Crippen LogP contribution in [0.25, 0.3) is 0 Å². The summed E-state index contributed by atoms with van der Waals surface area (Å²) in [5.74, 6) is -0.823. The zero-order valence-corrected chi connectivity index (χ0v) is 49.0. The van der Waals surface area contributed by atoms with Crippen LogP contribution in [0.5, 0.6) is 0 Å². The van der Waals surface area contributed by atoms with Crippen LogP contribution in [0.3, 0.4) is 0 Å². The van der Waals surface area contributed by atoms with Crippen LogP contribution in [0.1, 0.15) is 296 Å². The SMILES string of the molecule is CCCCCCC/C=C\C/C=C\C/C=C\CCCCCCCCCCCCC(=O)OC(COC(=O)CCCCCCCCCCCCCCCCCCCCCCCCC)COP(=O)([O-])OCC[N+](C)(C)C. The largest absolute Gasteiger partial charge is 0.756 e. The Hall–Kier alpha value is -1.77. The average Bonchev–Trinajstić information content (AvgIpc) is 3.34. The van der Waals surface area contributed by atoms with Crippen molar-refractivity contribution >= 4 is 19.8 Å². The molecule has 9 nitrogen and oxygen atoms in total. The van der Waals surface area contributed by atoms with Gasteiger partial charge in [0, 0.05) is 12.8 Å². The molecule has 0 saturated heterocycles. The predicted molar refractivity (Wildman–Crippen MR) is 305 cm³/mol. The number of likely N-dealkylation sites (N-methyl/N-ethyl adjacent to an activating group) is 1. The van der Waals surface area contributed by atoms with Crippen LogP contribution in [-0.2, 0) is 32.7 Å². The number of phosphoric ester groups is 1. The van der Waals surface area contributed by atoms with Crippen molar-refractivity contribution < 1.29 is 42.1 Å². The zero-order chi connectivity index (χ0) is 52.7. The van der Waals surface area contributed by atoms with Crippen LogP contribution in [0, 0.1) is 0 Å². The molecule has 0 aliphatic heterocycles. The summed E-state index contributed by atoms with van der Waals surface area (Å²) in [6, 6.07) is 0. The Labute approximate surface area is 446 Å². The molecular weight excluding hydrogens is 918 g/mol. The van der Waals surface area contributed by atoms with E-state index in [1.54, 1.807) is 0 Å². The summed E-state index contributed by atoms with van der Waals surface area (Å²) in [6.07, 6.45) is 66.2. The fourth-order valence-electron chi connectivity index (χ4n) is 8.90. The van der Waals surface area contributed by atoms with Crippen molar-refractivity contribution in [3.63, 3.8) is 0 Å². The van der Waals surface area contributed by atoms with E-state index in [9.17, 15) is 19.0 Å². The van der Waals surface area contributed by atoms with E-state index in [2.05, 4.69) is 50.3 Å². The van der Waals surface area contributed by atoms with Gasteiger partial charge in [0.1, 0.15) is 19.8 Å². The highest BCUT2D eigenvalue weighted by Crippen LogP contribution is 2.38. The molecule has 0 aliphatic carbocycles. The Balaban J connectivity index is 4.12. The Morgan fingerprint density at radius 3 is 1.11 bits per heavy atom. The minimum atomic E-state index is -4.64. The lowest BCUT2D eigenvalue weighted by Gasteiger charge is -2.28. The molecule has 0 amide bonds. The molecule has 0 fully saturated rings. The third kappa shape index (κ3) is 57.5. The Kier molecular flexibility index (Phi) is 52.7. The van der Waals surface area contributed by atoms with E-state index < -0.39 is 26.5 Å². The van der Waals surface area contributed by atoms with E-state index in [1.807, 2.05) is 21.1 Å². The number of carbonyl (C=O) groups is 2. The quantitative estimate of drug-likeness (QED) is 0.0195. The first-order valence-corrected chi connectivity index (χ1v) is 32.2. The van der Waals surface area contributed by atoms with Crippen molar-refractivity contribution in [2.75, 3.05) is 47.5 Å². The number of ether oxygens (including phenoxy) is 2. The highest BCUT2D eigenvalue weighted by atomic mass is 31.2. The first-order chi connectivity index (χ1) is 35.0. The van der Waals surface area contributed by atoms with Gasteiger partial charge >= 0.3 is 11.9 Å². The Morgan fingerprint density at radius 2 is 0.750 bits per heavy atom. The van der Waals surface area contributed by atoms with Gasteiger partial charge < -0.3 is 27.9 Å². The monoisotopic (exact) mass is 1040 g/mol. The zero-order valence-electron chi connectivity index (χ0n) is 48.1. The summed E-state index contributed by atoms with van der Waals surface area (Å²) in [5.41, 5.74) is 0. The maximum atomic E-state index is 12.8. The lowest BCUT2D eigenvalue weighted by molar-refractivity contribution is -0.870. The first-order valence-electron chi connectivity index (χ1n) is 30.7. The van der Waals surface area contributed by atoms with Crippen molar-refractivity contribution in [1.29, 1.82) is 0 Å². The minimum absolute atomic E-state index is 0.0301. The smallest absolute Gasteiger partial charge is 0.306 e. The number of phosphoric acid groups is 1. The molecule has 0 aromatic carbocycles. The predicted octanol–water partition coefficient (Wildman–Crippen LogP) is 18.5. The third-order valence-corrected chi connectivity index (χ3v) is 14.6. The summed E-state index contributed by atoms with van der Waals surface area (Å²) in [6.45, 7) is 4.27. The summed E-state index contributed by atoms with van der Waals surface area (Å²) in [4.78, 5) is 37.9. The molecule has 0 N–H and O–H groups in total. The van der Waals surface area contributed by atoms with Gasteiger partial charge in [-0.15, -0.1) is 0 Å². The number of hydrogen-bond donors (Lipinski definition) is 0. The Morgan fingerprint density at radius 1 is 0.431 bits per heavy atom. The maximum Gasteiger partial charge on any atom is 0.306 e. The molecule has 72 heavy (non-hydrogen) atoms. The van der Waals surface area contributed by atoms with E-state index in [0.717, 1.165) is 57.8 Å². The van der Waals surface area contributed by atoms with Gasteiger partial charge in [-0.05, 0) is 51.4 Å². The van der Waals surface area contributed by atoms with Crippen LogP contribution in [0.2, 0.25) is 0 Å². The fraction of sp³-hybridized carbons (Fsp3) is 0.871. The fourth-order valence-corrected chi connectivity index (χ4v) is 9.63. The van der Waals surface area contributed by atoms with Gasteiger partial charge in [-0.3, -0.25) is 14.2 Å². The van der Waals surface area contributed by atoms with E-state index >= 15 is 0 Å². The standard InChI is InChI=1S/C62H118NO8P/c1-6-8-10-12-14-16-18-20-22-24-26-28-30-31-33-35-37-39-41-43-45-47-49-51-53-55-62(65)71-60(59-70-72(66,67)69-57-56-63(3,4)5)58-68-61(64)54-52-50-48-46-44-42-40-38-36-34-32-29-27-25-23-21-19-17-15-13-11-9-7-2/h18,20,24,26,30-31,60H,6-17,19,21-23,25,27-29,32-59H2,1-5H3/b20-18-,26-24-,31-30-. The molecule has 424 valence electrons. The maximum absolute atomic E-state index is 12.8. The molecule has 0 bridgehead atoms. The van der Waals surface area contributed by atoms with E-state index in [-0.39, 0.29) is 32.0 Å². The van der Waals surface area contributed by atoms with Crippen molar-refractivity contribution in [2.45, 2.75) is 302 Å². The van der Waals surface area contributed by atoms with Gasteiger partial charge in [0.15, 0.2) is 6.10 Å². The number of quaternary nitrogens is 1. The van der Waals surface area contributed by atoms with E-state index in [0.29, 0.717) is 17.4 Å². The lowest BCUT2D eigenvalue weighted by atomic mass is 10.0. The van der Waals surface area contributed by atoms with E-state index in [4.69, 9.17) is 18.5 Å². The van der Waals surface area contributed by atoms with Gasteiger partial charge in [-0.1, -0.05) is 269 Å². The molecule has 0 aromatic rings. The second-order valence-electron chi connectivity index (χ2n) is 22.1. The second-order valence-corrected chi connectivity index (χ2v) is 23.5. The number of rotatable bonds is 57. The topological polar surface area (TPSA) is 111 Å². The summed E-state index contributed by atoms with van der Waals surface area (Å²) >= 11 is 0. The highest BCUT2D eigenvalue weighted by molar-refractivity contribution is 7.45. The van der Waals surface area contributed by atoms with E-state index in [1.165, 1.54) is 205 Å². The van der Waals surface area contributed by atoms with Crippen molar-refractivity contribution in [1.82, 2.24) is 0 Å². The van der Waals surface area contributed by atoms with Crippen molar-refractivity contribution in [3.8, 4) is 0 Å². The van der Waals surface area contributed by atoms with Crippen LogP contribution in [-0.4, -0.2) is 70.0 Å². The van der Waals surface area contributed by atoms with Crippen molar-refractivity contribution in [3.05, 3.63) is 36.5 Å². The summed E-state index contributed by atoms with van der Waals surface area (Å²) < 4.78 is 34.2. The number of hydrogen-bond acceptors (Lipinski definition) is 8. The average molecular weight is 1040 g/mol. The van der Waals surface area contributed by atoms with Gasteiger partial charge in [0.05, 0.1) is 27.7 Å². The number of unbranched alkanes of at least 4 members (excludes halogenated alkanes) is 37. The highest BCUT2D eigenvalue weighted by Gasteiger charge is 2.22. The van der Waals surface area contributed by atoms with Gasteiger partial charge in [0.25, 0.3) is 7.82 Å². The molecule has 0 radical (unpaired) electrons. The molecule has 2 unspecified atom stereocenters. The molecule has 2 atom stereocenters. The summed E-state index contributed by atoms with van der Waals surface area (Å²) in [7, 11) is 1.17. The van der Waals surface area contributed by atoms with Gasteiger partial charge in [0.2, 0.25) is 0 Å². The molecule has 0 rings (SSSR count). The van der Waals surface area contributed by atoms with Crippen LogP contribution in [0.4, 0.5) is 0 Å². The van der Waals surface area contributed by atoms with Crippen LogP contribution >= 0.6 is 7.82 Å². The third-order valence-electron chi connectivity index (χ3n) is 13.7. The Bertz CT molecular complexity index is 1310.